The third kappa shape index (κ3) is 3.66. The monoisotopic (exact) mass is 331 g/mol. The van der Waals surface area contributed by atoms with Crippen LogP contribution >= 0.6 is 0 Å². The largest absolute Gasteiger partial charge is 0.350 e. The standard InChI is InChI=1S/C19H26FN3O/c1-11(2)17-16(19(24)21-13(5)6)18(12(3)4)23(22-17)15-9-7-8-14(20)10-15/h7-13H,1-6H3,(H,21,24). The lowest BCUT2D eigenvalue weighted by Crippen LogP contribution is -2.31. The quantitative estimate of drug-likeness (QED) is 0.883. The van der Waals surface area contributed by atoms with Gasteiger partial charge in [0, 0.05) is 6.04 Å². The highest BCUT2D eigenvalue weighted by Gasteiger charge is 2.28. The number of hydrogen-bond donors (Lipinski definition) is 1. The fourth-order valence-corrected chi connectivity index (χ4v) is 2.76. The van der Waals surface area contributed by atoms with E-state index < -0.39 is 0 Å². The van der Waals surface area contributed by atoms with E-state index in [1.807, 2.05) is 41.5 Å². The normalized spacial score (nSPS) is 11.6. The van der Waals surface area contributed by atoms with Gasteiger partial charge in [-0.1, -0.05) is 33.8 Å². The van der Waals surface area contributed by atoms with Crippen LogP contribution in [0.3, 0.4) is 0 Å². The maximum atomic E-state index is 13.7. The molecule has 0 aliphatic rings. The molecule has 1 aromatic carbocycles. The maximum Gasteiger partial charge on any atom is 0.255 e. The molecule has 0 fully saturated rings. The van der Waals surface area contributed by atoms with Gasteiger partial charge in [0.2, 0.25) is 0 Å². The van der Waals surface area contributed by atoms with Crippen molar-refractivity contribution in [2.24, 2.45) is 0 Å². The zero-order valence-corrected chi connectivity index (χ0v) is 15.2. The van der Waals surface area contributed by atoms with Crippen molar-refractivity contribution in [2.75, 3.05) is 0 Å². The number of carbonyl (C=O) groups is 1. The summed E-state index contributed by atoms with van der Waals surface area (Å²) in [6.07, 6.45) is 0. The molecule has 0 radical (unpaired) electrons. The summed E-state index contributed by atoms with van der Waals surface area (Å²) in [5, 5.41) is 7.62. The van der Waals surface area contributed by atoms with E-state index in [4.69, 9.17) is 0 Å². The van der Waals surface area contributed by atoms with E-state index in [-0.39, 0.29) is 29.6 Å². The number of hydrogen-bond acceptors (Lipinski definition) is 2. The van der Waals surface area contributed by atoms with E-state index >= 15 is 0 Å². The first-order valence-corrected chi connectivity index (χ1v) is 8.42. The van der Waals surface area contributed by atoms with Crippen molar-refractivity contribution >= 4 is 5.91 Å². The highest BCUT2D eigenvalue weighted by Crippen LogP contribution is 2.30. The van der Waals surface area contributed by atoms with Crippen LogP contribution in [0.15, 0.2) is 24.3 Å². The summed E-state index contributed by atoms with van der Waals surface area (Å²) in [4.78, 5) is 12.8. The Morgan fingerprint density at radius 2 is 1.79 bits per heavy atom. The van der Waals surface area contributed by atoms with Gasteiger partial charge in [0.25, 0.3) is 5.91 Å². The number of nitrogens with one attached hydrogen (secondary N) is 1. The van der Waals surface area contributed by atoms with E-state index in [0.29, 0.717) is 11.3 Å². The summed E-state index contributed by atoms with van der Waals surface area (Å²) in [6, 6.07) is 6.33. The molecule has 0 bridgehead atoms. The Morgan fingerprint density at radius 3 is 2.29 bits per heavy atom. The third-order valence-corrected chi connectivity index (χ3v) is 3.74. The van der Waals surface area contributed by atoms with Crippen molar-refractivity contribution in [1.82, 2.24) is 15.1 Å². The molecular weight excluding hydrogens is 305 g/mol. The third-order valence-electron chi connectivity index (χ3n) is 3.74. The van der Waals surface area contributed by atoms with Crippen LogP contribution < -0.4 is 5.32 Å². The van der Waals surface area contributed by atoms with Crippen LogP contribution in [0, 0.1) is 5.82 Å². The Labute approximate surface area is 143 Å². The molecule has 1 amide bonds. The fraction of sp³-hybridized carbons (Fsp3) is 0.474. The smallest absolute Gasteiger partial charge is 0.255 e. The SMILES string of the molecule is CC(C)NC(=O)c1c(C(C)C)nn(-c2cccc(F)c2)c1C(C)C. The van der Waals surface area contributed by atoms with Gasteiger partial charge >= 0.3 is 0 Å². The molecule has 1 aromatic heterocycles. The number of nitrogens with zero attached hydrogens (tertiary/aromatic N) is 2. The number of carbonyl (C=O) groups excluding carboxylic acids is 1. The lowest BCUT2D eigenvalue weighted by molar-refractivity contribution is 0.0940. The Bertz CT molecular complexity index is 732. The van der Waals surface area contributed by atoms with E-state index in [1.54, 1.807) is 16.8 Å². The number of aromatic nitrogens is 2. The van der Waals surface area contributed by atoms with Gasteiger partial charge < -0.3 is 5.32 Å². The lowest BCUT2D eigenvalue weighted by atomic mass is 9.98. The molecule has 0 aliphatic carbocycles. The first-order chi connectivity index (χ1) is 11.2. The average Bonchev–Trinajstić information content (AvgIpc) is 2.87. The highest BCUT2D eigenvalue weighted by atomic mass is 19.1. The van der Waals surface area contributed by atoms with Crippen LogP contribution in [0.1, 0.15) is 75.1 Å². The first kappa shape index (κ1) is 18.2. The van der Waals surface area contributed by atoms with Crippen molar-refractivity contribution in [3.8, 4) is 5.69 Å². The molecule has 0 unspecified atom stereocenters. The summed E-state index contributed by atoms with van der Waals surface area (Å²) >= 11 is 0. The number of halogens is 1. The van der Waals surface area contributed by atoms with Crippen molar-refractivity contribution in [2.45, 2.75) is 59.4 Å². The molecule has 0 atom stereocenters. The van der Waals surface area contributed by atoms with Gasteiger partial charge in [0.15, 0.2) is 0 Å². The molecule has 4 nitrogen and oxygen atoms in total. The van der Waals surface area contributed by atoms with Gasteiger partial charge in [-0.05, 0) is 43.9 Å². The second kappa shape index (κ2) is 7.16. The molecule has 24 heavy (non-hydrogen) atoms. The molecule has 2 rings (SSSR count). The number of amides is 1. The molecule has 130 valence electrons. The Morgan fingerprint density at radius 1 is 1.12 bits per heavy atom. The van der Waals surface area contributed by atoms with Crippen LogP contribution in [0.5, 0.6) is 0 Å². The molecule has 5 heteroatoms. The van der Waals surface area contributed by atoms with Crippen LogP contribution in [-0.4, -0.2) is 21.7 Å². The molecule has 1 N–H and O–H groups in total. The van der Waals surface area contributed by atoms with E-state index in [2.05, 4.69) is 10.4 Å². The predicted molar refractivity (Wildman–Crippen MR) is 94.3 cm³/mol. The van der Waals surface area contributed by atoms with E-state index in [9.17, 15) is 9.18 Å². The van der Waals surface area contributed by atoms with Crippen LogP contribution in [0.2, 0.25) is 0 Å². The average molecular weight is 331 g/mol. The van der Waals surface area contributed by atoms with Crippen LogP contribution in [0.4, 0.5) is 4.39 Å². The summed E-state index contributed by atoms with van der Waals surface area (Å²) in [7, 11) is 0. The first-order valence-electron chi connectivity index (χ1n) is 8.42. The Balaban J connectivity index is 2.71. The van der Waals surface area contributed by atoms with Crippen LogP contribution in [0.25, 0.3) is 5.69 Å². The molecule has 0 aliphatic heterocycles. The van der Waals surface area contributed by atoms with Crippen molar-refractivity contribution in [1.29, 1.82) is 0 Å². The van der Waals surface area contributed by atoms with E-state index in [0.717, 1.165) is 11.4 Å². The summed E-state index contributed by atoms with van der Waals surface area (Å²) in [5.74, 6) is -0.288. The Hall–Kier alpha value is -2.17. The minimum Gasteiger partial charge on any atom is -0.350 e. The summed E-state index contributed by atoms with van der Waals surface area (Å²) < 4.78 is 15.4. The molecule has 1 heterocycles. The summed E-state index contributed by atoms with van der Waals surface area (Å²) in [5.41, 5.74) is 2.78. The highest BCUT2D eigenvalue weighted by molar-refractivity contribution is 5.97. The molecule has 0 saturated heterocycles. The molecule has 2 aromatic rings. The number of benzene rings is 1. The lowest BCUT2D eigenvalue weighted by Gasteiger charge is -2.14. The zero-order valence-electron chi connectivity index (χ0n) is 15.2. The predicted octanol–water partition coefficient (Wildman–Crippen LogP) is 4.40. The fourth-order valence-electron chi connectivity index (χ4n) is 2.76. The number of rotatable bonds is 5. The minimum absolute atomic E-state index is 0.0371. The van der Waals surface area contributed by atoms with Gasteiger partial charge in [0.05, 0.1) is 22.6 Å². The van der Waals surface area contributed by atoms with Gasteiger partial charge in [-0.15, -0.1) is 0 Å². The Kier molecular flexibility index (Phi) is 5.42. The molecule has 0 saturated carbocycles. The van der Waals surface area contributed by atoms with Gasteiger partial charge in [-0.3, -0.25) is 4.79 Å². The summed E-state index contributed by atoms with van der Waals surface area (Å²) in [6.45, 7) is 11.9. The van der Waals surface area contributed by atoms with Crippen molar-refractivity contribution in [3.05, 3.63) is 47.0 Å². The van der Waals surface area contributed by atoms with Crippen molar-refractivity contribution < 1.29 is 9.18 Å². The van der Waals surface area contributed by atoms with Crippen molar-refractivity contribution in [3.63, 3.8) is 0 Å². The van der Waals surface area contributed by atoms with E-state index in [1.165, 1.54) is 12.1 Å². The molecular formula is C19H26FN3O. The minimum atomic E-state index is -0.322. The van der Waals surface area contributed by atoms with Gasteiger partial charge in [0.1, 0.15) is 5.82 Å². The van der Waals surface area contributed by atoms with Crippen LogP contribution in [-0.2, 0) is 0 Å². The second-order valence-corrected chi connectivity index (χ2v) is 6.97. The maximum absolute atomic E-state index is 13.7. The second-order valence-electron chi connectivity index (χ2n) is 6.97. The molecule has 0 spiro atoms. The van der Waals surface area contributed by atoms with Gasteiger partial charge in [-0.25, -0.2) is 9.07 Å². The topological polar surface area (TPSA) is 46.9 Å². The zero-order chi connectivity index (χ0) is 18.0. The van der Waals surface area contributed by atoms with Gasteiger partial charge in [-0.2, -0.15) is 5.10 Å².